The van der Waals surface area contributed by atoms with E-state index in [0.717, 1.165) is 36.9 Å². The predicted molar refractivity (Wildman–Crippen MR) is 97.5 cm³/mol. The van der Waals surface area contributed by atoms with Crippen molar-refractivity contribution in [3.63, 3.8) is 0 Å². The number of nitriles is 1. The molecule has 3 rings (SSSR count). The van der Waals surface area contributed by atoms with Crippen molar-refractivity contribution in [1.82, 2.24) is 0 Å². The van der Waals surface area contributed by atoms with Gasteiger partial charge < -0.3 is 10.0 Å². The maximum atomic E-state index is 10.3. The maximum absolute atomic E-state index is 10.3. The second-order valence-corrected chi connectivity index (χ2v) is 8.96. The van der Waals surface area contributed by atoms with Gasteiger partial charge in [-0.25, -0.2) is 0 Å². The maximum Gasteiger partial charge on any atom is 0.261 e. The fraction of sp³-hybridized carbons (Fsp3) is 0.588. The lowest BCUT2D eigenvalue weighted by atomic mass is 9.87. The van der Waals surface area contributed by atoms with Crippen molar-refractivity contribution >= 4 is 27.4 Å². The highest BCUT2D eigenvalue weighted by Crippen LogP contribution is 2.45. The molecule has 138 valence electrons. The predicted octanol–water partition coefficient (Wildman–Crippen LogP) is 2.91. The normalized spacial score (nSPS) is 28.1. The van der Waals surface area contributed by atoms with Gasteiger partial charge in [0.15, 0.2) is 0 Å². The number of anilines is 1. The molecule has 8 heteroatoms. The molecule has 1 aromatic rings. The Kier molecular flexibility index (Phi) is 5.69. The van der Waals surface area contributed by atoms with Gasteiger partial charge in [-0.3, -0.25) is 4.55 Å². The molecule has 1 aromatic carbocycles. The Bertz CT molecular complexity index is 778. The first-order valence-electron chi connectivity index (χ1n) is 8.05. The van der Waals surface area contributed by atoms with Crippen LogP contribution in [0.25, 0.3) is 0 Å². The van der Waals surface area contributed by atoms with Crippen LogP contribution in [0.2, 0.25) is 5.02 Å². The average molecular weight is 387 g/mol. The fourth-order valence-electron chi connectivity index (χ4n) is 3.89. The van der Waals surface area contributed by atoms with E-state index in [1.165, 1.54) is 0 Å². The van der Waals surface area contributed by atoms with E-state index < -0.39 is 15.7 Å². The van der Waals surface area contributed by atoms with E-state index in [0.29, 0.717) is 28.9 Å². The molecule has 2 aliphatic heterocycles. The summed E-state index contributed by atoms with van der Waals surface area (Å²) in [7, 11) is -3.67. The number of fused-ring (bicyclic) bond motifs is 2. The molecule has 0 amide bonds. The molecule has 2 bridgehead atoms. The molecule has 25 heavy (non-hydrogen) atoms. The van der Waals surface area contributed by atoms with Gasteiger partial charge in [0, 0.05) is 17.8 Å². The van der Waals surface area contributed by atoms with Crippen LogP contribution >= 0.6 is 11.6 Å². The number of hydrogen-bond donors (Lipinski definition) is 2. The Balaban J connectivity index is 0.000000399. The van der Waals surface area contributed by atoms with E-state index in [1.807, 2.05) is 19.9 Å². The van der Waals surface area contributed by atoms with Gasteiger partial charge >= 0.3 is 0 Å². The highest BCUT2D eigenvalue weighted by molar-refractivity contribution is 7.85. The Morgan fingerprint density at radius 2 is 1.80 bits per heavy atom. The standard InChI is InChI=1S/C16H19ClN2O.CH4O3S/c1-10-14(6-3-11(9-18)15(10)17)19-12-4-5-13(19)8-16(2,20)7-12;1-5(2,3)4/h3,6,12-13,20H,4-5,7-8H2,1-2H3;1H3,(H,2,3,4). The second kappa shape index (κ2) is 7.12. The number of rotatable bonds is 1. The summed E-state index contributed by atoms with van der Waals surface area (Å²) >= 11 is 6.29. The summed E-state index contributed by atoms with van der Waals surface area (Å²) in [6, 6.07) is 6.70. The van der Waals surface area contributed by atoms with Crippen molar-refractivity contribution in [1.29, 1.82) is 5.26 Å². The molecule has 2 aliphatic rings. The minimum Gasteiger partial charge on any atom is -0.390 e. The van der Waals surface area contributed by atoms with E-state index in [1.54, 1.807) is 6.07 Å². The molecule has 2 atom stereocenters. The third-order valence-corrected chi connectivity index (χ3v) is 5.21. The fourth-order valence-corrected chi connectivity index (χ4v) is 4.10. The lowest BCUT2D eigenvalue weighted by Gasteiger charge is -2.44. The van der Waals surface area contributed by atoms with Crippen LogP contribution in [-0.2, 0) is 10.1 Å². The van der Waals surface area contributed by atoms with E-state index in [2.05, 4.69) is 11.0 Å². The first-order chi connectivity index (χ1) is 11.4. The van der Waals surface area contributed by atoms with Crippen LogP contribution in [0.15, 0.2) is 12.1 Å². The number of benzene rings is 1. The summed E-state index contributed by atoms with van der Waals surface area (Å²) in [5.74, 6) is 0. The third-order valence-electron chi connectivity index (χ3n) is 4.73. The number of nitrogens with zero attached hydrogens (tertiary/aromatic N) is 2. The number of halogens is 1. The monoisotopic (exact) mass is 386 g/mol. The highest BCUT2D eigenvalue weighted by Gasteiger charge is 2.45. The molecular formula is C17H23ClN2O4S. The second-order valence-electron chi connectivity index (χ2n) is 7.11. The van der Waals surface area contributed by atoms with E-state index >= 15 is 0 Å². The van der Waals surface area contributed by atoms with Crippen molar-refractivity contribution in [3.8, 4) is 6.07 Å². The summed E-state index contributed by atoms with van der Waals surface area (Å²) in [6.07, 6.45) is 4.57. The van der Waals surface area contributed by atoms with Gasteiger partial charge in [0.1, 0.15) is 6.07 Å². The molecule has 0 aliphatic carbocycles. The molecule has 2 fully saturated rings. The summed E-state index contributed by atoms with van der Waals surface area (Å²) < 4.78 is 25.9. The summed E-state index contributed by atoms with van der Waals surface area (Å²) in [5.41, 5.74) is 2.08. The van der Waals surface area contributed by atoms with Crippen LogP contribution in [0, 0.1) is 18.3 Å². The van der Waals surface area contributed by atoms with Gasteiger partial charge in [-0.05, 0) is 57.2 Å². The zero-order valence-electron chi connectivity index (χ0n) is 14.5. The minimum atomic E-state index is -3.67. The van der Waals surface area contributed by atoms with Crippen molar-refractivity contribution in [2.75, 3.05) is 11.2 Å². The van der Waals surface area contributed by atoms with Crippen molar-refractivity contribution in [3.05, 3.63) is 28.3 Å². The molecule has 0 aromatic heterocycles. The van der Waals surface area contributed by atoms with E-state index in [4.69, 9.17) is 21.4 Å². The lowest BCUT2D eigenvalue weighted by Crippen LogP contribution is -2.50. The SMILES string of the molecule is CS(=O)(=O)O.Cc1c(N2C3CCC2CC(C)(O)C3)ccc(C#N)c1Cl. The Morgan fingerprint density at radius 3 is 2.24 bits per heavy atom. The minimum absolute atomic E-state index is 0.381. The average Bonchev–Trinajstić information content (AvgIpc) is 2.73. The Morgan fingerprint density at radius 1 is 1.32 bits per heavy atom. The largest absolute Gasteiger partial charge is 0.390 e. The summed E-state index contributed by atoms with van der Waals surface area (Å²) in [5, 5.41) is 19.9. The first kappa shape index (κ1) is 20.0. The van der Waals surface area contributed by atoms with Gasteiger partial charge in [-0.1, -0.05) is 11.6 Å². The summed E-state index contributed by atoms with van der Waals surface area (Å²) in [4.78, 5) is 2.42. The van der Waals surface area contributed by atoms with Crippen LogP contribution in [0.1, 0.15) is 43.7 Å². The zero-order chi connectivity index (χ0) is 19.0. The van der Waals surface area contributed by atoms with Crippen LogP contribution in [-0.4, -0.2) is 42.0 Å². The molecule has 6 nitrogen and oxygen atoms in total. The molecule has 0 radical (unpaired) electrons. The Hall–Kier alpha value is -1.33. The van der Waals surface area contributed by atoms with Crippen LogP contribution in [0.4, 0.5) is 5.69 Å². The van der Waals surface area contributed by atoms with Crippen LogP contribution in [0.5, 0.6) is 0 Å². The zero-order valence-corrected chi connectivity index (χ0v) is 16.1. The van der Waals surface area contributed by atoms with Gasteiger partial charge in [0.05, 0.1) is 22.4 Å². The Labute approximate surface area is 153 Å². The number of hydrogen-bond acceptors (Lipinski definition) is 5. The topological polar surface area (TPSA) is 102 Å². The lowest BCUT2D eigenvalue weighted by molar-refractivity contribution is 0.0199. The molecule has 2 heterocycles. The molecule has 2 saturated heterocycles. The molecular weight excluding hydrogens is 364 g/mol. The van der Waals surface area contributed by atoms with Gasteiger partial charge in [-0.15, -0.1) is 0 Å². The molecule has 0 spiro atoms. The van der Waals surface area contributed by atoms with Gasteiger partial charge in [0.2, 0.25) is 0 Å². The third kappa shape index (κ3) is 4.85. The van der Waals surface area contributed by atoms with Gasteiger partial charge in [0.25, 0.3) is 10.1 Å². The summed E-state index contributed by atoms with van der Waals surface area (Å²) in [6.45, 7) is 3.92. The number of aliphatic hydroxyl groups is 1. The van der Waals surface area contributed by atoms with Crippen LogP contribution < -0.4 is 4.90 Å². The van der Waals surface area contributed by atoms with E-state index in [9.17, 15) is 13.5 Å². The van der Waals surface area contributed by atoms with Crippen molar-refractivity contribution in [2.24, 2.45) is 0 Å². The van der Waals surface area contributed by atoms with Crippen molar-refractivity contribution < 1.29 is 18.1 Å². The number of piperidine rings is 1. The molecule has 0 saturated carbocycles. The van der Waals surface area contributed by atoms with Crippen LogP contribution in [0.3, 0.4) is 0 Å². The first-order valence-corrected chi connectivity index (χ1v) is 10.3. The smallest absolute Gasteiger partial charge is 0.261 e. The highest BCUT2D eigenvalue weighted by atomic mass is 35.5. The van der Waals surface area contributed by atoms with E-state index in [-0.39, 0.29) is 0 Å². The van der Waals surface area contributed by atoms with Gasteiger partial charge in [-0.2, -0.15) is 13.7 Å². The quantitative estimate of drug-likeness (QED) is 0.719. The molecule has 2 unspecified atom stereocenters. The van der Waals surface area contributed by atoms with Crippen molar-refractivity contribution in [2.45, 2.75) is 57.2 Å². The molecule has 2 N–H and O–H groups in total.